The fraction of sp³-hybridized carbons (Fsp3) is 0.714. The van der Waals surface area contributed by atoms with Gasteiger partial charge < -0.3 is 14.4 Å². The third-order valence-corrected chi connectivity index (χ3v) is 1.79. The van der Waals surface area contributed by atoms with Crippen LogP contribution in [0.15, 0.2) is 0 Å². The molecule has 1 heterocycles. The van der Waals surface area contributed by atoms with E-state index < -0.39 is 0 Å². The maximum Gasteiger partial charge on any atom is 0.417 e. The van der Waals surface area contributed by atoms with Crippen molar-refractivity contribution in [3.63, 3.8) is 0 Å². The summed E-state index contributed by atoms with van der Waals surface area (Å²) in [7, 11) is 1.32. The quantitative estimate of drug-likeness (QED) is 0.584. The summed E-state index contributed by atoms with van der Waals surface area (Å²) in [4.78, 5) is 22.2. The lowest BCUT2D eigenvalue weighted by atomic mass is 10.3. The van der Waals surface area contributed by atoms with E-state index in [1.54, 1.807) is 0 Å². The van der Waals surface area contributed by atoms with Gasteiger partial charge in [0.1, 0.15) is 6.10 Å². The van der Waals surface area contributed by atoms with E-state index in [1.165, 1.54) is 18.5 Å². The average molecular weight is 172 g/mol. The fourth-order valence-electron chi connectivity index (χ4n) is 1.19. The van der Waals surface area contributed by atoms with Crippen molar-refractivity contribution in [3.8, 4) is 0 Å². The van der Waals surface area contributed by atoms with Gasteiger partial charge in [0.05, 0.1) is 13.7 Å². The number of carbonyl (C=O) groups is 1. The minimum Gasteiger partial charge on any atom is -0.453 e. The highest BCUT2D eigenvalue weighted by Crippen LogP contribution is 2.12. The zero-order valence-electron chi connectivity index (χ0n) is 6.78. The van der Waals surface area contributed by atoms with Gasteiger partial charge >= 0.3 is 12.6 Å². The molecule has 1 aliphatic rings. The van der Waals surface area contributed by atoms with Crippen LogP contribution in [0.25, 0.3) is 0 Å². The topological polar surface area (TPSA) is 55.8 Å². The number of hydrogen-bond donors (Lipinski definition) is 0. The smallest absolute Gasteiger partial charge is 0.417 e. The summed E-state index contributed by atoms with van der Waals surface area (Å²) in [5.41, 5.74) is 0. The standard InChI is InChI=1S/C7H10NO4/c1-11-7(10)8-3-2-6(4-8)12-5-9/h6H,2-4H2,1H3. The van der Waals surface area contributed by atoms with E-state index in [0.29, 0.717) is 19.5 Å². The van der Waals surface area contributed by atoms with Crippen LogP contribution in [-0.2, 0) is 14.3 Å². The average Bonchev–Trinajstić information content (AvgIpc) is 2.52. The monoisotopic (exact) mass is 172 g/mol. The van der Waals surface area contributed by atoms with E-state index in [2.05, 4.69) is 9.47 Å². The molecule has 5 nitrogen and oxygen atoms in total. The molecular weight excluding hydrogens is 162 g/mol. The molecule has 12 heavy (non-hydrogen) atoms. The molecule has 67 valence electrons. The van der Waals surface area contributed by atoms with Gasteiger partial charge in [-0.1, -0.05) is 0 Å². The van der Waals surface area contributed by atoms with Crippen molar-refractivity contribution in [1.82, 2.24) is 4.90 Å². The first-order chi connectivity index (χ1) is 5.77. The highest BCUT2D eigenvalue weighted by Gasteiger charge is 2.27. The van der Waals surface area contributed by atoms with Crippen LogP contribution in [0, 0.1) is 0 Å². The number of nitrogens with zero attached hydrogens (tertiary/aromatic N) is 1. The molecule has 1 unspecified atom stereocenters. The summed E-state index contributed by atoms with van der Waals surface area (Å²) < 4.78 is 9.07. The highest BCUT2D eigenvalue weighted by atomic mass is 16.5. The van der Waals surface area contributed by atoms with Crippen molar-refractivity contribution >= 4 is 12.6 Å². The normalized spacial score (nSPS) is 22.1. The minimum atomic E-state index is -0.382. The Morgan fingerprint density at radius 2 is 2.42 bits per heavy atom. The molecule has 1 amide bonds. The van der Waals surface area contributed by atoms with E-state index in [9.17, 15) is 9.59 Å². The van der Waals surface area contributed by atoms with Crippen molar-refractivity contribution in [2.45, 2.75) is 12.5 Å². The Morgan fingerprint density at radius 3 is 3.00 bits per heavy atom. The molecule has 1 aliphatic heterocycles. The van der Waals surface area contributed by atoms with Crippen LogP contribution < -0.4 is 0 Å². The van der Waals surface area contributed by atoms with Crippen LogP contribution in [-0.4, -0.2) is 43.8 Å². The molecule has 1 radical (unpaired) electrons. The van der Waals surface area contributed by atoms with Gasteiger partial charge in [0.15, 0.2) is 0 Å². The summed E-state index contributed by atoms with van der Waals surface area (Å²) >= 11 is 0. The number of carbonyl (C=O) groups excluding carboxylic acids is 2. The first-order valence-electron chi connectivity index (χ1n) is 3.63. The summed E-state index contributed by atoms with van der Waals surface area (Å²) in [6.45, 7) is 2.33. The first kappa shape index (κ1) is 8.83. The zero-order valence-corrected chi connectivity index (χ0v) is 6.78. The fourth-order valence-corrected chi connectivity index (χ4v) is 1.19. The number of amides is 1. The highest BCUT2D eigenvalue weighted by molar-refractivity contribution is 5.67. The van der Waals surface area contributed by atoms with Crippen LogP contribution in [0.5, 0.6) is 0 Å². The largest absolute Gasteiger partial charge is 0.453 e. The summed E-state index contributed by atoms with van der Waals surface area (Å²) in [5, 5.41) is 0. The minimum absolute atomic E-state index is 0.221. The third-order valence-electron chi connectivity index (χ3n) is 1.79. The van der Waals surface area contributed by atoms with Crippen molar-refractivity contribution in [2.75, 3.05) is 20.2 Å². The SMILES string of the molecule is COC(=O)N1CCC(O[C]=O)C1. The predicted octanol–water partition coefficient (Wildman–Crippen LogP) is -0.0891. The predicted molar refractivity (Wildman–Crippen MR) is 39.2 cm³/mol. The Morgan fingerprint density at radius 1 is 1.67 bits per heavy atom. The van der Waals surface area contributed by atoms with E-state index in [1.807, 2.05) is 0 Å². The second-order valence-electron chi connectivity index (χ2n) is 2.53. The molecule has 5 heteroatoms. The number of rotatable bonds is 2. The van der Waals surface area contributed by atoms with Crippen LogP contribution in [0.3, 0.4) is 0 Å². The van der Waals surface area contributed by atoms with Crippen molar-refractivity contribution in [3.05, 3.63) is 0 Å². The van der Waals surface area contributed by atoms with Crippen molar-refractivity contribution < 1.29 is 19.1 Å². The van der Waals surface area contributed by atoms with Gasteiger partial charge in [-0.05, 0) is 0 Å². The van der Waals surface area contributed by atoms with Crippen LogP contribution in [0.2, 0.25) is 0 Å². The third kappa shape index (κ3) is 1.87. The molecule has 0 aromatic rings. The molecule has 0 bridgehead atoms. The number of methoxy groups -OCH3 is 1. The van der Waals surface area contributed by atoms with Gasteiger partial charge in [0.2, 0.25) is 0 Å². The molecule has 0 aliphatic carbocycles. The van der Waals surface area contributed by atoms with Gasteiger partial charge in [-0.3, -0.25) is 0 Å². The summed E-state index contributed by atoms with van der Waals surface area (Å²) in [6.07, 6.45) is 0.0539. The molecule has 1 saturated heterocycles. The van der Waals surface area contributed by atoms with Gasteiger partial charge in [-0.15, -0.1) is 0 Å². The molecule has 0 aromatic heterocycles. The first-order valence-corrected chi connectivity index (χ1v) is 3.63. The lowest BCUT2D eigenvalue weighted by molar-refractivity contribution is 0.123. The van der Waals surface area contributed by atoms with Gasteiger partial charge in [0, 0.05) is 13.0 Å². The van der Waals surface area contributed by atoms with E-state index >= 15 is 0 Å². The lowest BCUT2D eigenvalue weighted by Gasteiger charge is -2.13. The van der Waals surface area contributed by atoms with Gasteiger partial charge in [-0.25, -0.2) is 9.59 Å². The van der Waals surface area contributed by atoms with Crippen molar-refractivity contribution in [1.29, 1.82) is 0 Å². The molecule has 0 spiro atoms. The second kappa shape index (κ2) is 3.94. The number of likely N-dealkylation sites (tertiary alicyclic amines) is 1. The molecule has 0 saturated carbocycles. The van der Waals surface area contributed by atoms with Crippen LogP contribution in [0.1, 0.15) is 6.42 Å². The molecule has 1 rings (SSSR count). The molecule has 1 atom stereocenters. The Kier molecular flexibility index (Phi) is 2.90. The van der Waals surface area contributed by atoms with Gasteiger partial charge in [0.25, 0.3) is 0 Å². The Labute approximate surface area is 70.2 Å². The Bertz CT molecular complexity index is 182. The second-order valence-corrected chi connectivity index (χ2v) is 2.53. The van der Waals surface area contributed by atoms with E-state index in [-0.39, 0.29) is 12.2 Å². The van der Waals surface area contributed by atoms with Crippen LogP contribution in [0.4, 0.5) is 4.79 Å². The number of ether oxygens (including phenoxy) is 2. The zero-order chi connectivity index (χ0) is 8.97. The van der Waals surface area contributed by atoms with E-state index in [0.717, 1.165) is 0 Å². The molecule has 1 fully saturated rings. The summed E-state index contributed by atoms with van der Waals surface area (Å²) in [5.74, 6) is 0. The molecule has 0 aromatic carbocycles. The van der Waals surface area contributed by atoms with Crippen molar-refractivity contribution in [2.24, 2.45) is 0 Å². The van der Waals surface area contributed by atoms with Crippen LogP contribution >= 0.6 is 0 Å². The van der Waals surface area contributed by atoms with E-state index in [4.69, 9.17) is 0 Å². The molecule has 0 N–H and O–H groups in total. The molecular formula is C7H10NO4. The maximum atomic E-state index is 10.9. The maximum absolute atomic E-state index is 10.9. The Hall–Kier alpha value is -1.26. The van der Waals surface area contributed by atoms with Gasteiger partial charge in [-0.2, -0.15) is 0 Å². The summed E-state index contributed by atoms with van der Waals surface area (Å²) in [6, 6.07) is 0. The Balaban J connectivity index is 2.34. The lowest BCUT2D eigenvalue weighted by Crippen LogP contribution is -2.29. The number of hydrogen-bond acceptors (Lipinski definition) is 4.